The third-order valence-corrected chi connectivity index (χ3v) is 3.15. The molecule has 0 saturated heterocycles. The zero-order chi connectivity index (χ0) is 15.2. The van der Waals surface area contributed by atoms with Gasteiger partial charge in [0.1, 0.15) is 0 Å². The Morgan fingerprint density at radius 2 is 1.81 bits per heavy atom. The van der Waals surface area contributed by atoms with E-state index in [1.54, 1.807) is 4.90 Å². The summed E-state index contributed by atoms with van der Waals surface area (Å²) in [4.78, 5) is 5.88. The van der Waals surface area contributed by atoms with Gasteiger partial charge in [0.2, 0.25) is 0 Å². The summed E-state index contributed by atoms with van der Waals surface area (Å²) in [5, 5.41) is 2.81. The summed E-state index contributed by atoms with van der Waals surface area (Å²) in [7, 11) is 0. The predicted octanol–water partition coefficient (Wildman–Crippen LogP) is 3.82. The number of halogens is 2. The molecule has 2 aromatic rings. The number of anilines is 2. The van der Waals surface area contributed by atoms with Crippen molar-refractivity contribution in [2.75, 3.05) is 23.3 Å². The van der Waals surface area contributed by atoms with Gasteiger partial charge in [0.05, 0.1) is 0 Å². The molecule has 1 aromatic heterocycles. The van der Waals surface area contributed by atoms with Gasteiger partial charge in [0.15, 0.2) is 23.3 Å². The van der Waals surface area contributed by atoms with Crippen molar-refractivity contribution in [1.29, 1.82) is 0 Å². The van der Waals surface area contributed by atoms with E-state index in [2.05, 4.69) is 10.3 Å². The van der Waals surface area contributed by atoms with Crippen LogP contribution in [-0.2, 0) is 6.54 Å². The molecule has 1 N–H and O–H groups in total. The van der Waals surface area contributed by atoms with E-state index in [4.69, 9.17) is 0 Å². The molecule has 1 heterocycles. The molecule has 0 atom stereocenters. The molecule has 112 valence electrons. The van der Waals surface area contributed by atoms with Crippen LogP contribution in [0.15, 0.2) is 36.4 Å². The van der Waals surface area contributed by atoms with Gasteiger partial charge in [-0.3, -0.25) is 0 Å². The van der Waals surface area contributed by atoms with Crippen LogP contribution in [-0.4, -0.2) is 18.1 Å². The van der Waals surface area contributed by atoms with Crippen LogP contribution in [0, 0.1) is 11.6 Å². The summed E-state index contributed by atoms with van der Waals surface area (Å²) >= 11 is 0. The number of nitrogens with one attached hydrogen (secondary N) is 1. The van der Waals surface area contributed by atoms with Gasteiger partial charge in [-0.05, 0) is 19.4 Å². The maximum Gasteiger partial charge on any atom is 0.168 e. The third kappa shape index (κ3) is 3.68. The van der Waals surface area contributed by atoms with Crippen LogP contribution in [0.4, 0.5) is 20.4 Å². The van der Waals surface area contributed by atoms with Gasteiger partial charge >= 0.3 is 0 Å². The molecule has 0 unspecified atom stereocenters. The fourth-order valence-corrected chi connectivity index (χ4v) is 2.11. The lowest BCUT2D eigenvalue weighted by molar-refractivity contribution is 0.569. The standard InChI is InChI=1S/C16H19F2N3/c1-3-19-15-13(17)10-14(18)16(20-15)21(4-2)11-12-8-6-5-7-9-12/h5-10H,3-4,11H2,1-2H3,(H,19,20). The number of pyridine rings is 1. The maximum absolute atomic E-state index is 14.0. The first-order chi connectivity index (χ1) is 10.2. The second-order valence-electron chi connectivity index (χ2n) is 4.65. The Kier molecular flexibility index (Phi) is 5.09. The van der Waals surface area contributed by atoms with E-state index >= 15 is 0 Å². The first kappa shape index (κ1) is 15.2. The molecule has 0 aliphatic heterocycles. The van der Waals surface area contributed by atoms with Crippen molar-refractivity contribution in [2.24, 2.45) is 0 Å². The van der Waals surface area contributed by atoms with E-state index in [-0.39, 0.29) is 11.6 Å². The number of hydrogen-bond donors (Lipinski definition) is 1. The average Bonchev–Trinajstić information content (AvgIpc) is 2.49. The van der Waals surface area contributed by atoms with Crippen molar-refractivity contribution in [1.82, 2.24) is 4.98 Å². The predicted molar refractivity (Wildman–Crippen MR) is 81.5 cm³/mol. The average molecular weight is 291 g/mol. The lowest BCUT2D eigenvalue weighted by Gasteiger charge is -2.23. The van der Waals surface area contributed by atoms with Gasteiger partial charge in [-0.1, -0.05) is 30.3 Å². The molecule has 0 aliphatic rings. The summed E-state index contributed by atoms with van der Waals surface area (Å²) in [5.41, 5.74) is 1.05. The summed E-state index contributed by atoms with van der Waals surface area (Å²) < 4.78 is 27.7. The second-order valence-corrected chi connectivity index (χ2v) is 4.65. The minimum absolute atomic E-state index is 0.0837. The van der Waals surface area contributed by atoms with Crippen LogP contribution in [0.25, 0.3) is 0 Å². The topological polar surface area (TPSA) is 28.2 Å². The number of aromatic nitrogens is 1. The highest BCUT2D eigenvalue weighted by Crippen LogP contribution is 2.23. The summed E-state index contributed by atoms with van der Waals surface area (Å²) in [5.74, 6) is -1.07. The lowest BCUT2D eigenvalue weighted by Crippen LogP contribution is -2.25. The summed E-state index contributed by atoms with van der Waals surface area (Å²) in [6.07, 6.45) is 0. The van der Waals surface area contributed by atoms with Crippen LogP contribution < -0.4 is 10.2 Å². The monoisotopic (exact) mass is 291 g/mol. The van der Waals surface area contributed by atoms with E-state index in [1.807, 2.05) is 44.2 Å². The molecule has 0 bridgehead atoms. The van der Waals surface area contributed by atoms with Gasteiger partial charge in [-0.15, -0.1) is 0 Å². The highest BCUT2D eigenvalue weighted by atomic mass is 19.1. The maximum atomic E-state index is 14.0. The Balaban J connectivity index is 2.31. The van der Waals surface area contributed by atoms with Crippen molar-refractivity contribution in [3.8, 4) is 0 Å². The van der Waals surface area contributed by atoms with Crippen LogP contribution >= 0.6 is 0 Å². The van der Waals surface area contributed by atoms with Gasteiger partial charge in [-0.25, -0.2) is 13.8 Å². The second kappa shape index (κ2) is 7.02. The van der Waals surface area contributed by atoms with Gasteiger partial charge in [0.25, 0.3) is 0 Å². The zero-order valence-electron chi connectivity index (χ0n) is 12.2. The Morgan fingerprint density at radius 3 is 2.43 bits per heavy atom. The molecular weight excluding hydrogens is 272 g/mol. The van der Waals surface area contributed by atoms with Crippen molar-refractivity contribution in [3.05, 3.63) is 53.6 Å². The first-order valence-electron chi connectivity index (χ1n) is 7.04. The Labute approximate surface area is 123 Å². The lowest BCUT2D eigenvalue weighted by atomic mass is 10.2. The zero-order valence-corrected chi connectivity index (χ0v) is 12.2. The van der Waals surface area contributed by atoms with Crippen LogP contribution in [0.3, 0.4) is 0 Å². The highest BCUT2D eigenvalue weighted by molar-refractivity contribution is 5.49. The minimum atomic E-state index is -0.672. The van der Waals surface area contributed by atoms with E-state index in [0.717, 1.165) is 11.6 Å². The minimum Gasteiger partial charge on any atom is -0.368 e. The fourth-order valence-electron chi connectivity index (χ4n) is 2.11. The molecule has 3 nitrogen and oxygen atoms in total. The molecule has 0 spiro atoms. The van der Waals surface area contributed by atoms with Crippen LogP contribution in [0.1, 0.15) is 19.4 Å². The first-order valence-corrected chi connectivity index (χ1v) is 7.04. The van der Waals surface area contributed by atoms with E-state index in [9.17, 15) is 8.78 Å². The number of nitrogens with zero attached hydrogens (tertiary/aromatic N) is 2. The molecule has 0 aliphatic carbocycles. The van der Waals surface area contributed by atoms with Gasteiger partial charge in [-0.2, -0.15) is 0 Å². The van der Waals surface area contributed by atoms with Crippen molar-refractivity contribution in [2.45, 2.75) is 20.4 Å². The Hall–Kier alpha value is -2.17. The van der Waals surface area contributed by atoms with E-state index in [0.29, 0.717) is 19.6 Å². The smallest absolute Gasteiger partial charge is 0.168 e. The van der Waals surface area contributed by atoms with Crippen LogP contribution in [0.2, 0.25) is 0 Å². The SMILES string of the molecule is CCNc1nc(N(CC)Cc2ccccc2)c(F)cc1F. The molecule has 0 saturated carbocycles. The van der Waals surface area contributed by atoms with E-state index in [1.165, 1.54) is 0 Å². The summed E-state index contributed by atoms with van der Waals surface area (Å²) in [6.45, 7) is 5.39. The fraction of sp³-hybridized carbons (Fsp3) is 0.312. The summed E-state index contributed by atoms with van der Waals surface area (Å²) in [6, 6.07) is 10.6. The molecule has 0 fully saturated rings. The normalized spacial score (nSPS) is 10.5. The van der Waals surface area contributed by atoms with Crippen LogP contribution in [0.5, 0.6) is 0 Å². The molecular formula is C16H19F2N3. The largest absolute Gasteiger partial charge is 0.368 e. The van der Waals surface area contributed by atoms with E-state index < -0.39 is 11.6 Å². The quantitative estimate of drug-likeness (QED) is 0.877. The Morgan fingerprint density at radius 1 is 1.10 bits per heavy atom. The molecule has 2 rings (SSSR count). The van der Waals surface area contributed by atoms with Crippen molar-refractivity contribution < 1.29 is 8.78 Å². The molecule has 21 heavy (non-hydrogen) atoms. The third-order valence-electron chi connectivity index (χ3n) is 3.15. The number of rotatable bonds is 6. The Bertz CT molecular complexity index is 588. The molecule has 0 amide bonds. The molecule has 1 aromatic carbocycles. The van der Waals surface area contributed by atoms with Gasteiger partial charge in [0, 0.05) is 25.7 Å². The van der Waals surface area contributed by atoms with Crippen molar-refractivity contribution in [3.63, 3.8) is 0 Å². The highest BCUT2D eigenvalue weighted by Gasteiger charge is 2.16. The molecule has 5 heteroatoms. The van der Waals surface area contributed by atoms with Gasteiger partial charge < -0.3 is 10.2 Å². The number of benzene rings is 1. The number of hydrogen-bond acceptors (Lipinski definition) is 3. The molecule has 0 radical (unpaired) electrons. The van der Waals surface area contributed by atoms with Crippen molar-refractivity contribution >= 4 is 11.6 Å².